The molecule has 7 heavy (non-hydrogen) atoms. The van der Waals surface area contributed by atoms with E-state index >= 15 is 0 Å². The smallest absolute Gasteiger partial charge is 0.870 e. The van der Waals surface area contributed by atoms with Crippen molar-refractivity contribution < 1.29 is 41.9 Å². The molecule has 0 radical (unpaired) electrons. The van der Waals surface area contributed by atoms with Crippen molar-refractivity contribution >= 4 is 10.4 Å². The molecule has 0 amide bonds. The van der Waals surface area contributed by atoms with Crippen LogP contribution in [0.3, 0.4) is 0 Å². The fourth-order valence-electron chi connectivity index (χ4n) is 0. The van der Waals surface area contributed by atoms with Crippen LogP contribution in [0.4, 0.5) is 0 Å². The minimum Gasteiger partial charge on any atom is -0.870 e. The first kappa shape index (κ1) is 15.7. The van der Waals surface area contributed by atoms with Gasteiger partial charge < -0.3 is 5.48 Å². The van der Waals surface area contributed by atoms with E-state index in [9.17, 15) is 0 Å². The molecule has 0 bridgehead atoms. The summed E-state index contributed by atoms with van der Waals surface area (Å²) in [4.78, 5) is 0. The number of rotatable bonds is 0. The molecule has 0 atom stereocenters. The second-order valence-corrected chi connectivity index (χ2v) is 1.34. The molecule has 0 aromatic carbocycles. The standard InChI is InChI=1S/Li.H2O4S.H2O/c;1-5(2,3)4;/h;(H2,1,2,3,4);1H2/q+1;;/p-1. The van der Waals surface area contributed by atoms with Gasteiger partial charge in [0.05, 0.1) is 0 Å². The number of hydrogen-bond donors (Lipinski definition) is 2. The molecule has 7 heteroatoms. The van der Waals surface area contributed by atoms with Crippen LogP contribution in [0.15, 0.2) is 0 Å². The molecule has 0 fully saturated rings. The van der Waals surface area contributed by atoms with Gasteiger partial charge in [-0.1, -0.05) is 0 Å². The normalized spacial score (nSPS) is 8.29. The maximum atomic E-state index is 8.74. The molecule has 0 aromatic heterocycles. The van der Waals surface area contributed by atoms with Crippen LogP contribution in [0.2, 0.25) is 0 Å². The summed E-state index contributed by atoms with van der Waals surface area (Å²) in [7, 11) is -4.67. The molecule has 5 nitrogen and oxygen atoms in total. The average Bonchev–Trinajstić information content (AvgIpc) is 0.722. The fraction of sp³-hybridized carbons (Fsp3) is 0. The zero-order valence-corrected chi connectivity index (χ0v) is 4.38. The molecule has 3 N–H and O–H groups in total. The van der Waals surface area contributed by atoms with Crippen molar-refractivity contribution in [1.82, 2.24) is 0 Å². The van der Waals surface area contributed by atoms with Crippen molar-refractivity contribution in [3.05, 3.63) is 0 Å². The Bertz CT molecular complexity index is 91.2. The summed E-state index contributed by atoms with van der Waals surface area (Å²) in [6.45, 7) is 0. The van der Waals surface area contributed by atoms with E-state index < -0.39 is 10.4 Å². The van der Waals surface area contributed by atoms with Crippen LogP contribution < -0.4 is 18.9 Å². The van der Waals surface area contributed by atoms with E-state index in [1.54, 1.807) is 0 Å². The summed E-state index contributed by atoms with van der Waals surface area (Å²) >= 11 is 0. The van der Waals surface area contributed by atoms with E-state index in [1.165, 1.54) is 0 Å². The summed E-state index contributed by atoms with van der Waals surface area (Å²) in [5.74, 6) is 0. The minimum atomic E-state index is -4.67. The van der Waals surface area contributed by atoms with Crippen LogP contribution in [-0.4, -0.2) is 23.0 Å². The molecule has 0 aliphatic heterocycles. The van der Waals surface area contributed by atoms with Gasteiger partial charge in [0, 0.05) is 0 Å². The Morgan fingerprint density at radius 2 is 1.14 bits per heavy atom. The van der Waals surface area contributed by atoms with Gasteiger partial charge in [0.1, 0.15) is 0 Å². The largest absolute Gasteiger partial charge is 1.00 e. The van der Waals surface area contributed by atoms with E-state index in [2.05, 4.69) is 0 Å². The van der Waals surface area contributed by atoms with Crippen LogP contribution in [0.5, 0.6) is 0 Å². The van der Waals surface area contributed by atoms with Gasteiger partial charge in [-0.3, -0.25) is 9.11 Å². The summed E-state index contributed by atoms with van der Waals surface area (Å²) in [6.07, 6.45) is 0. The Labute approximate surface area is 52.8 Å². The van der Waals surface area contributed by atoms with Gasteiger partial charge in [-0.2, -0.15) is 8.42 Å². The molecule has 0 unspecified atom stereocenters. The van der Waals surface area contributed by atoms with Crippen molar-refractivity contribution in [1.29, 1.82) is 0 Å². The Morgan fingerprint density at radius 1 is 1.14 bits per heavy atom. The Hall–Kier alpha value is 0.427. The molecule has 0 spiro atoms. The average molecular weight is 122 g/mol. The topological polar surface area (TPSA) is 105 Å². The molecule has 40 valence electrons. The summed E-state index contributed by atoms with van der Waals surface area (Å²) in [6, 6.07) is 0. The molecular formula is H3LiO5S. The van der Waals surface area contributed by atoms with Gasteiger partial charge in [0.2, 0.25) is 0 Å². The maximum Gasteiger partial charge on any atom is 1.00 e. The van der Waals surface area contributed by atoms with Crippen LogP contribution in [0, 0.1) is 0 Å². The Kier molecular flexibility index (Phi) is 10.2. The maximum absolute atomic E-state index is 8.74. The third-order valence-corrected chi connectivity index (χ3v) is 0. The van der Waals surface area contributed by atoms with Gasteiger partial charge >= 0.3 is 29.3 Å². The molecule has 0 aliphatic carbocycles. The molecule has 0 saturated carbocycles. The summed E-state index contributed by atoms with van der Waals surface area (Å²) in [5, 5.41) is 0. The van der Waals surface area contributed by atoms with Crippen LogP contribution >= 0.6 is 0 Å². The second-order valence-electron chi connectivity index (χ2n) is 0.448. The summed E-state index contributed by atoms with van der Waals surface area (Å²) in [5.41, 5.74) is 0. The van der Waals surface area contributed by atoms with Crippen molar-refractivity contribution in [3.63, 3.8) is 0 Å². The minimum absolute atomic E-state index is 0. The zero-order chi connectivity index (χ0) is 4.50. The van der Waals surface area contributed by atoms with Crippen LogP contribution in [-0.2, 0) is 10.4 Å². The van der Waals surface area contributed by atoms with Gasteiger partial charge in [0.15, 0.2) is 0 Å². The molecule has 0 aliphatic rings. The third kappa shape index (κ3) is 690. The van der Waals surface area contributed by atoms with E-state index in [4.69, 9.17) is 17.5 Å². The third-order valence-electron chi connectivity index (χ3n) is 0. The van der Waals surface area contributed by atoms with Gasteiger partial charge in [-0.15, -0.1) is 0 Å². The first-order valence-electron chi connectivity index (χ1n) is 0.698. The predicted octanol–water partition coefficient (Wildman–Crippen LogP) is -3.83. The van der Waals surface area contributed by atoms with Gasteiger partial charge in [-0.25, -0.2) is 0 Å². The molecule has 0 heterocycles. The van der Waals surface area contributed by atoms with Gasteiger partial charge in [0.25, 0.3) is 0 Å². The number of hydrogen-bond acceptors (Lipinski definition) is 3. The van der Waals surface area contributed by atoms with Crippen molar-refractivity contribution in [2.24, 2.45) is 0 Å². The zero-order valence-electron chi connectivity index (χ0n) is 3.57. The molecular weight excluding hydrogens is 119 g/mol. The van der Waals surface area contributed by atoms with Crippen LogP contribution in [0.1, 0.15) is 0 Å². The monoisotopic (exact) mass is 122 g/mol. The molecule has 0 aromatic rings. The first-order valence-corrected chi connectivity index (χ1v) is 2.10. The van der Waals surface area contributed by atoms with Crippen molar-refractivity contribution in [2.75, 3.05) is 0 Å². The molecule has 0 rings (SSSR count). The van der Waals surface area contributed by atoms with Gasteiger partial charge in [-0.05, 0) is 0 Å². The molecule has 0 saturated heterocycles. The van der Waals surface area contributed by atoms with E-state index in [-0.39, 0.29) is 24.3 Å². The Balaban J connectivity index is -0.0000000800. The van der Waals surface area contributed by atoms with E-state index in [1.807, 2.05) is 0 Å². The first-order chi connectivity index (χ1) is 2.00. The Morgan fingerprint density at radius 3 is 1.14 bits per heavy atom. The van der Waals surface area contributed by atoms with Crippen LogP contribution in [0.25, 0.3) is 0 Å². The SMILES string of the molecule is O=S(=O)(O)O.[Li+].[OH-]. The summed E-state index contributed by atoms with van der Waals surface area (Å²) < 4.78 is 31.6. The van der Waals surface area contributed by atoms with E-state index in [0.29, 0.717) is 0 Å². The quantitative estimate of drug-likeness (QED) is 0.253. The van der Waals surface area contributed by atoms with E-state index in [0.717, 1.165) is 0 Å². The fourth-order valence-corrected chi connectivity index (χ4v) is 0. The van der Waals surface area contributed by atoms with Crippen molar-refractivity contribution in [3.8, 4) is 0 Å². The second kappa shape index (κ2) is 4.58. The van der Waals surface area contributed by atoms with Crippen molar-refractivity contribution in [2.45, 2.75) is 0 Å². The predicted molar refractivity (Wildman–Crippen MR) is 16.1 cm³/mol.